The molecule has 0 saturated carbocycles. The largest absolute Gasteiger partial charge is 0.302 e. The van der Waals surface area contributed by atoms with E-state index < -0.39 is 0 Å². The molecular weight excluding hydrogens is 352 g/mol. The van der Waals surface area contributed by atoms with Crippen molar-refractivity contribution in [3.05, 3.63) is 58.2 Å². The van der Waals surface area contributed by atoms with Gasteiger partial charge in [-0.25, -0.2) is 9.55 Å². The molecule has 0 bridgehead atoms. The Morgan fingerprint density at radius 3 is 2.81 bits per heavy atom. The summed E-state index contributed by atoms with van der Waals surface area (Å²) < 4.78 is 5.72. The molecule has 0 radical (unpaired) electrons. The van der Waals surface area contributed by atoms with E-state index in [1.54, 1.807) is 0 Å². The Bertz CT molecular complexity index is 1210. The highest BCUT2D eigenvalue weighted by Crippen LogP contribution is 2.42. The second-order valence-electron chi connectivity index (χ2n) is 7.82. The van der Waals surface area contributed by atoms with E-state index >= 15 is 0 Å². The Hall–Kier alpha value is -2.53. The van der Waals surface area contributed by atoms with E-state index in [2.05, 4.69) is 66.5 Å². The molecule has 1 aliphatic heterocycles. The molecule has 0 aliphatic carbocycles. The first-order valence-electron chi connectivity index (χ1n) is 9.39. The van der Waals surface area contributed by atoms with Gasteiger partial charge >= 0.3 is 0 Å². The molecule has 0 N–H and O–H groups in total. The monoisotopic (exact) mass is 375 g/mol. The van der Waals surface area contributed by atoms with Crippen molar-refractivity contribution in [1.82, 2.24) is 14.5 Å². The summed E-state index contributed by atoms with van der Waals surface area (Å²) in [4.78, 5) is 9.35. The van der Waals surface area contributed by atoms with Crippen molar-refractivity contribution in [2.45, 2.75) is 40.0 Å². The Labute approximate surface area is 163 Å². The summed E-state index contributed by atoms with van der Waals surface area (Å²) in [5, 5.41) is 2.28. The summed E-state index contributed by atoms with van der Waals surface area (Å²) in [6, 6.07) is 2.33. The first-order valence-corrected chi connectivity index (χ1v) is 10.3. The van der Waals surface area contributed by atoms with Gasteiger partial charge in [0.05, 0.1) is 18.3 Å². The number of aromatic nitrogens is 4. The summed E-state index contributed by atoms with van der Waals surface area (Å²) in [7, 11) is 2.11. The predicted molar refractivity (Wildman–Crippen MR) is 110 cm³/mol. The van der Waals surface area contributed by atoms with Crippen molar-refractivity contribution in [3.8, 4) is 16.9 Å². The van der Waals surface area contributed by atoms with E-state index in [-0.39, 0.29) is 0 Å². The van der Waals surface area contributed by atoms with Gasteiger partial charge in [0.1, 0.15) is 10.5 Å². The molecular formula is C22H23N4S+. The lowest BCUT2D eigenvalue weighted by atomic mass is 9.93. The Kier molecular flexibility index (Phi) is 3.53. The van der Waals surface area contributed by atoms with Crippen molar-refractivity contribution < 1.29 is 4.57 Å². The van der Waals surface area contributed by atoms with Gasteiger partial charge < -0.3 is 4.57 Å². The lowest BCUT2D eigenvalue weighted by molar-refractivity contribution is -0.662. The van der Waals surface area contributed by atoms with Gasteiger partial charge in [-0.05, 0) is 46.8 Å². The molecule has 136 valence electrons. The van der Waals surface area contributed by atoms with Crippen LogP contribution in [0, 0.1) is 13.8 Å². The zero-order chi connectivity index (χ0) is 18.9. The van der Waals surface area contributed by atoms with Crippen LogP contribution in [0.25, 0.3) is 27.2 Å². The van der Waals surface area contributed by atoms with Gasteiger partial charge in [0.2, 0.25) is 5.52 Å². The zero-order valence-corrected chi connectivity index (χ0v) is 17.2. The van der Waals surface area contributed by atoms with Crippen LogP contribution in [0.5, 0.6) is 0 Å². The zero-order valence-electron chi connectivity index (χ0n) is 16.4. The molecule has 4 heterocycles. The lowest BCUT2D eigenvalue weighted by Crippen LogP contribution is -2.32. The molecule has 0 spiro atoms. The van der Waals surface area contributed by atoms with Crippen molar-refractivity contribution in [3.63, 3.8) is 0 Å². The molecule has 4 nitrogen and oxygen atoms in total. The number of hydrogen-bond donors (Lipinski definition) is 0. The molecule has 5 heteroatoms. The van der Waals surface area contributed by atoms with Gasteiger partial charge in [-0.15, -0.1) is 11.3 Å². The standard InChI is InChI=1S/C22H23N4S/c1-12(2)16-10-27-22-19(16)24-11-25(5)21(22)18-14(4)13(3)8-15-9-17-23-6-7-26(17)20(15)18/h6-8,10-12H,9H2,1-5H3/q+1. The van der Waals surface area contributed by atoms with Gasteiger partial charge in [0.15, 0.2) is 5.69 Å². The minimum absolute atomic E-state index is 0.469. The van der Waals surface area contributed by atoms with Crippen LogP contribution in [-0.2, 0) is 13.5 Å². The quantitative estimate of drug-likeness (QED) is 0.422. The van der Waals surface area contributed by atoms with E-state index in [4.69, 9.17) is 4.98 Å². The van der Waals surface area contributed by atoms with Crippen LogP contribution in [-0.4, -0.2) is 14.5 Å². The molecule has 5 rings (SSSR count). The van der Waals surface area contributed by atoms with E-state index in [0.717, 1.165) is 17.8 Å². The number of thiophene rings is 1. The molecule has 27 heavy (non-hydrogen) atoms. The van der Waals surface area contributed by atoms with Crippen LogP contribution in [0.3, 0.4) is 0 Å². The highest BCUT2D eigenvalue weighted by molar-refractivity contribution is 7.17. The van der Waals surface area contributed by atoms with Crippen molar-refractivity contribution in [2.75, 3.05) is 0 Å². The summed E-state index contributed by atoms with van der Waals surface area (Å²) >= 11 is 1.81. The summed E-state index contributed by atoms with van der Waals surface area (Å²) in [5.74, 6) is 1.59. The van der Waals surface area contributed by atoms with Crippen LogP contribution in [0.4, 0.5) is 0 Å². The minimum Gasteiger partial charge on any atom is -0.302 e. The maximum absolute atomic E-state index is 4.78. The molecule has 0 amide bonds. The Balaban J connectivity index is 1.92. The molecule has 4 aromatic rings. The number of rotatable bonds is 2. The molecule has 0 saturated heterocycles. The lowest BCUT2D eigenvalue weighted by Gasteiger charge is -2.16. The normalized spacial score (nSPS) is 12.8. The number of fused-ring (bicyclic) bond motifs is 4. The molecule has 1 aromatic carbocycles. The maximum Gasteiger partial charge on any atom is 0.287 e. The highest BCUT2D eigenvalue weighted by Gasteiger charge is 2.30. The molecule has 0 unspecified atom stereocenters. The van der Waals surface area contributed by atoms with Crippen molar-refractivity contribution >= 4 is 21.6 Å². The van der Waals surface area contributed by atoms with Gasteiger partial charge in [0.25, 0.3) is 6.33 Å². The number of aryl methyl sites for hydroxylation is 2. The minimum atomic E-state index is 0.469. The Morgan fingerprint density at radius 2 is 2.04 bits per heavy atom. The third kappa shape index (κ3) is 2.24. The van der Waals surface area contributed by atoms with Crippen molar-refractivity contribution in [2.24, 2.45) is 7.05 Å². The fourth-order valence-electron chi connectivity index (χ4n) is 4.24. The number of benzene rings is 1. The molecule has 0 atom stereocenters. The van der Waals surface area contributed by atoms with E-state index in [1.165, 1.54) is 43.9 Å². The number of imidazole rings is 1. The highest BCUT2D eigenvalue weighted by atomic mass is 32.1. The average Bonchev–Trinajstić information content (AvgIpc) is 3.31. The fourth-order valence-corrected chi connectivity index (χ4v) is 5.51. The van der Waals surface area contributed by atoms with Crippen LogP contribution in [0.1, 0.15) is 47.8 Å². The maximum atomic E-state index is 4.78. The fraction of sp³-hybridized carbons (Fsp3) is 0.318. The van der Waals surface area contributed by atoms with Gasteiger partial charge in [-0.2, -0.15) is 0 Å². The van der Waals surface area contributed by atoms with Gasteiger partial charge in [0, 0.05) is 24.4 Å². The molecule has 0 fully saturated rings. The summed E-state index contributed by atoms with van der Waals surface area (Å²) in [6.45, 7) is 8.93. The predicted octanol–water partition coefficient (Wildman–Crippen LogP) is 4.62. The Morgan fingerprint density at radius 1 is 1.22 bits per heavy atom. The number of nitrogens with zero attached hydrogens (tertiary/aromatic N) is 4. The van der Waals surface area contributed by atoms with Gasteiger partial charge in [-0.3, -0.25) is 0 Å². The van der Waals surface area contributed by atoms with Crippen molar-refractivity contribution in [1.29, 1.82) is 0 Å². The first-order chi connectivity index (χ1) is 13.0. The SMILES string of the molecule is Cc1cc2c(c(-c3c4scc(C(C)C)c4nc[n+]3C)c1C)-n1ccnc1C2. The van der Waals surface area contributed by atoms with Crippen LogP contribution in [0.15, 0.2) is 30.2 Å². The number of hydrogen-bond acceptors (Lipinski definition) is 3. The van der Waals surface area contributed by atoms with E-state index in [0.29, 0.717) is 5.92 Å². The molecule has 1 aliphatic rings. The third-order valence-corrected chi connectivity index (χ3v) is 6.78. The molecule has 3 aromatic heterocycles. The van der Waals surface area contributed by atoms with Gasteiger partial charge in [-0.1, -0.05) is 19.9 Å². The van der Waals surface area contributed by atoms with E-state index in [1.807, 2.05) is 23.9 Å². The topological polar surface area (TPSA) is 34.6 Å². The third-order valence-electron chi connectivity index (χ3n) is 5.78. The second-order valence-corrected chi connectivity index (χ2v) is 8.70. The second kappa shape index (κ2) is 5.73. The van der Waals surface area contributed by atoms with Crippen LogP contribution in [0.2, 0.25) is 0 Å². The first kappa shape index (κ1) is 16.6. The van der Waals surface area contributed by atoms with E-state index in [9.17, 15) is 0 Å². The smallest absolute Gasteiger partial charge is 0.287 e. The van der Waals surface area contributed by atoms with Crippen LogP contribution >= 0.6 is 11.3 Å². The summed E-state index contributed by atoms with van der Waals surface area (Å²) in [5.41, 5.74) is 10.4. The summed E-state index contributed by atoms with van der Waals surface area (Å²) in [6.07, 6.45) is 6.86. The average molecular weight is 376 g/mol. The van der Waals surface area contributed by atoms with Crippen LogP contribution < -0.4 is 4.57 Å².